The van der Waals surface area contributed by atoms with Gasteiger partial charge in [-0.1, -0.05) is 64.6 Å². The maximum absolute atomic E-state index is 12.3. The second-order valence-corrected chi connectivity index (χ2v) is 8.84. The number of hydrogen-bond donors (Lipinski definition) is 1. The maximum atomic E-state index is 12.3. The fourth-order valence-corrected chi connectivity index (χ4v) is 4.61. The predicted octanol–water partition coefficient (Wildman–Crippen LogP) is 7.14. The van der Waals surface area contributed by atoms with Gasteiger partial charge in [0.05, 0.1) is 5.92 Å². The molecule has 170 valence electrons. The molecule has 1 aliphatic heterocycles. The van der Waals surface area contributed by atoms with Gasteiger partial charge in [0.2, 0.25) is 5.88 Å². The van der Waals surface area contributed by atoms with Crippen molar-refractivity contribution >= 4 is 58.4 Å². The second-order valence-electron chi connectivity index (χ2n) is 7.18. The molecule has 3 aromatic carbocycles. The average molecular weight is 532 g/mol. The van der Waals surface area contributed by atoms with Crippen LogP contribution in [-0.4, -0.2) is 5.97 Å². The molecule has 1 heterocycles. The summed E-state index contributed by atoms with van der Waals surface area (Å²) in [5.74, 6) is -0.836. The SMILES string of the molecule is N#CC1=C(N)Oc2cc(OC(=O)/C=C/c3ccc(Cl)cc3Cl)ccc2C1c1c(Cl)cccc1Cl. The number of carbonyl (C=O) groups excluding carboxylic acids is 1. The molecule has 1 atom stereocenters. The second kappa shape index (κ2) is 10.0. The third-order valence-corrected chi connectivity index (χ3v) is 6.28. The lowest BCUT2D eigenvalue weighted by atomic mass is 9.83. The van der Waals surface area contributed by atoms with E-state index in [1.807, 2.05) is 0 Å². The zero-order valence-electron chi connectivity index (χ0n) is 17.2. The number of rotatable bonds is 4. The highest BCUT2D eigenvalue weighted by atomic mass is 35.5. The fourth-order valence-electron chi connectivity index (χ4n) is 3.53. The number of carbonyl (C=O) groups is 1. The number of nitrogens with zero attached hydrogens (tertiary/aromatic N) is 1. The lowest BCUT2D eigenvalue weighted by Crippen LogP contribution is -2.21. The monoisotopic (exact) mass is 530 g/mol. The summed E-state index contributed by atoms with van der Waals surface area (Å²) in [7, 11) is 0. The minimum atomic E-state index is -0.647. The number of nitriles is 1. The molecule has 0 saturated carbocycles. The quantitative estimate of drug-likeness (QED) is 0.220. The Bertz CT molecular complexity index is 1390. The Hall–Kier alpha value is -3.14. The zero-order valence-corrected chi connectivity index (χ0v) is 20.2. The van der Waals surface area contributed by atoms with E-state index in [4.69, 9.17) is 61.6 Å². The van der Waals surface area contributed by atoms with Crippen molar-refractivity contribution in [3.05, 3.63) is 109 Å². The Morgan fingerprint density at radius 3 is 2.44 bits per heavy atom. The van der Waals surface area contributed by atoms with Gasteiger partial charge in [-0.25, -0.2) is 4.79 Å². The van der Waals surface area contributed by atoms with Crippen LogP contribution in [0, 0.1) is 11.3 Å². The molecule has 0 aromatic heterocycles. The van der Waals surface area contributed by atoms with Crippen molar-refractivity contribution in [2.45, 2.75) is 5.92 Å². The van der Waals surface area contributed by atoms with Crippen LogP contribution in [0.3, 0.4) is 0 Å². The number of halogens is 4. The standard InChI is InChI=1S/C25H14Cl4N2O3/c26-14-6-4-13(20(29)10-14)5-9-22(32)33-15-7-8-16-21(11-15)34-25(31)17(12-30)23(16)24-18(27)2-1-3-19(24)28/h1-11,23H,31H2/b9-5+. The summed E-state index contributed by atoms with van der Waals surface area (Å²) >= 11 is 24.8. The van der Waals surface area contributed by atoms with Gasteiger partial charge >= 0.3 is 5.97 Å². The largest absolute Gasteiger partial charge is 0.440 e. The molecule has 34 heavy (non-hydrogen) atoms. The predicted molar refractivity (Wildman–Crippen MR) is 133 cm³/mol. The minimum Gasteiger partial charge on any atom is -0.440 e. The Kier molecular flexibility index (Phi) is 7.06. The van der Waals surface area contributed by atoms with Crippen molar-refractivity contribution in [1.29, 1.82) is 5.26 Å². The summed E-state index contributed by atoms with van der Waals surface area (Å²) in [5.41, 5.74) is 7.94. The van der Waals surface area contributed by atoms with Gasteiger partial charge in [-0.3, -0.25) is 0 Å². The summed E-state index contributed by atoms with van der Waals surface area (Å²) in [6.45, 7) is 0. The van der Waals surface area contributed by atoms with Crippen LogP contribution >= 0.6 is 46.4 Å². The number of allylic oxidation sites excluding steroid dienone is 1. The smallest absolute Gasteiger partial charge is 0.336 e. The highest BCUT2D eigenvalue weighted by Gasteiger charge is 2.33. The van der Waals surface area contributed by atoms with E-state index >= 15 is 0 Å². The summed E-state index contributed by atoms with van der Waals surface area (Å²) in [6.07, 6.45) is 2.76. The van der Waals surface area contributed by atoms with Crippen LogP contribution in [-0.2, 0) is 4.79 Å². The van der Waals surface area contributed by atoms with E-state index in [0.29, 0.717) is 42.5 Å². The number of esters is 1. The van der Waals surface area contributed by atoms with Crippen molar-refractivity contribution in [1.82, 2.24) is 0 Å². The third kappa shape index (κ3) is 4.86. The lowest BCUT2D eigenvalue weighted by Gasteiger charge is -2.27. The van der Waals surface area contributed by atoms with Gasteiger partial charge in [0, 0.05) is 43.4 Å². The van der Waals surface area contributed by atoms with Crippen molar-refractivity contribution in [3.8, 4) is 17.6 Å². The first-order chi connectivity index (χ1) is 16.3. The number of nitrogens with two attached hydrogens (primary N) is 1. The first kappa shape index (κ1) is 24.0. The number of ether oxygens (including phenoxy) is 2. The minimum absolute atomic E-state index is 0.0864. The van der Waals surface area contributed by atoms with Gasteiger partial charge in [-0.05, 0) is 42.0 Å². The summed E-state index contributed by atoms with van der Waals surface area (Å²) in [5, 5.41) is 11.4. The van der Waals surface area contributed by atoms with Crippen LogP contribution in [0.5, 0.6) is 11.5 Å². The van der Waals surface area contributed by atoms with Gasteiger partial charge in [0.1, 0.15) is 23.1 Å². The molecule has 1 unspecified atom stereocenters. The molecular weight excluding hydrogens is 518 g/mol. The summed E-state index contributed by atoms with van der Waals surface area (Å²) < 4.78 is 11.0. The maximum Gasteiger partial charge on any atom is 0.336 e. The van der Waals surface area contributed by atoms with Gasteiger partial charge in [0.15, 0.2) is 0 Å². The molecule has 0 aliphatic carbocycles. The van der Waals surface area contributed by atoms with E-state index in [0.717, 1.165) is 0 Å². The molecule has 4 rings (SSSR count). The fraction of sp³-hybridized carbons (Fsp3) is 0.0400. The Labute approximate surface area is 215 Å². The molecule has 0 spiro atoms. The molecule has 0 radical (unpaired) electrons. The Morgan fingerprint density at radius 2 is 1.76 bits per heavy atom. The van der Waals surface area contributed by atoms with E-state index in [1.165, 1.54) is 18.2 Å². The van der Waals surface area contributed by atoms with Crippen LogP contribution in [0.4, 0.5) is 0 Å². The molecule has 0 bridgehead atoms. The van der Waals surface area contributed by atoms with Crippen LogP contribution in [0.25, 0.3) is 6.08 Å². The third-order valence-electron chi connectivity index (χ3n) is 5.06. The molecule has 9 heteroatoms. The lowest BCUT2D eigenvalue weighted by molar-refractivity contribution is -0.128. The number of hydrogen-bond acceptors (Lipinski definition) is 5. The summed E-state index contributed by atoms with van der Waals surface area (Å²) in [4.78, 5) is 12.3. The van der Waals surface area contributed by atoms with Gasteiger partial charge in [-0.15, -0.1) is 0 Å². The zero-order chi connectivity index (χ0) is 24.4. The normalized spacial score (nSPS) is 15.0. The van der Waals surface area contributed by atoms with Gasteiger partial charge < -0.3 is 15.2 Å². The number of benzene rings is 3. The number of fused-ring (bicyclic) bond motifs is 1. The van der Waals surface area contributed by atoms with E-state index in [2.05, 4.69) is 6.07 Å². The molecule has 0 fully saturated rings. The molecule has 1 aliphatic rings. The van der Waals surface area contributed by atoms with Crippen molar-refractivity contribution < 1.29 is 14.3 Å². The van der Waals surface area contributed by atoms with Crippen molar-refractivity contribution in [3.63, 3.8) is 0 Å². The van der Waals surface area contributed by atoms with Crippen LogP contribution in [0.15, 0.2) is 72.1 Å². The topological polar surface area (TPSA) is 85.3 Å². The molecule has 5 nitrogen and oxygen atoms in total. The van der Waals surface area contributed by atoms with Crippen molar-refractivity contribution in [2.24, 2.45) is 5.73 Å². The first-order valence-electron chi connectivity index (χ1n) is 9.79. The molecule has 3 aromatic rings. The van der Waals surface area contributed by atoms with Gasteiger partial charge in [0.25, 0.3) is 0 Å². The van der Waals surface area contributed by atoms with Crippen LogP contribution in [0.2, 0.25) is 20.1 Å². The Morgan fingerprint density at radius 1 is 1.03 bits per heavy atom. The van der Waals surface area contributed by atoms with Crippen molar-refractivity contribution in [2.75, 3.05) is 0 Å². The molecule has 0 saturated heterocycles. The van der Waals surface area contributed by atoms with E-state index in [-0.39, 0.29) is 17.2 Å². The molecular formula is C25H14Cl4N2O3. The summed E-state index contributed by atoms with van der Waals surface area (Å²) in [6, 6.07) is 16.8. The molecule has 0 amide bonds. The van der Waals surface area contributed by atoms with Gasteiger partial charge in [-0.2, -0.15) is 5.26 Å². The Balaban J connectivity index is 1.63. The van der Waals surface area contributed by atoms with E-state index < -0.39 is 11.9 Å². The van der Waals surface area contributed by atoms with E-state index in [9.17, 15) is 10.1 Å². The average Bonchev–Trinajstić information content (AvgIpc) is 2.78. The highest BCUT2D eigenvalue weighted by molar-refractivity contribution is 6.36. The van der Waals surface area contributed by atoms with E-state index in [1.54, 1.807) is 48.5 Å². The van der Waals surface area contributed by atoms with Crippen LogP contribution < -0.4 is 15.2 Å². The first-order valence-corrected chi connectivity index (χ1v) is 11.3. The van der Waals surface area contributed by atoms with Crippen LogP contribution in [0.1, 0.15) is 22.6 Å². The highest BCUT2D eigenvalue weighted by Crippen LogP contribution is 2.47. The molecule has 2 N–H and O–H groups in total.